The lowest BCUT2D eigenvalue weighted by Gasteiger charge is -2.24. The molecular formula is C23H26N4O2S. The molecule has 1 amide bonds. The van der Waals surface area contributed by atoms with Gasteiger partial charge < -0.3 is 9.64 Å². The van der Waals surface area contributed by atoms with Crippen molar-refractivity contribution in [2.24, 2.45) is 0 Å². The van der Waals surface area contributed by atoms with Crippen molar-refractivity contribution in [2.75, 3.05) is 37.7 Å². The highest BCUT2D eigenvalue weighted by molar-refractivity contribution is 7.22. The summed E-state index contributed by atoms with van der Waals surface area (Å²) in [6, 6.07) is 14.6. The van der Waals surface area contributed by atoms with Gasteiger partial charge in [-0.1, -0.05) is 25.2 Å². The molecule has 0 atom stereocenters. The third-order valence-electron chi connectivity index (χ3n) is 4.93. The lowest BCUT2D eigenvalue weighted by molar-refractivity contribution is 0.0984. The molecule has 3 rings (SSSR count). The molecule has 7 heteroatoms. The number of thiazole rings is 1. The van der Waals surface area contributed by atoms with Gasteiger partial charge in [-0.2, -0.15) is 5.26 Å². The van der Waals surface area contributed by atoms with Crippen molar-refractivity contribution in [2.45, 2.75) is 20.8 Å². The SMILES string of the molecule is CCOc1ccc2nc(N(CCN(CC)CC)C(=O)c3ccc(C#N)cc3)sc2c1. The van der Waals surface area contributed by atoms with E-state index in [1.165, 1.54) is 11.3 Å². The zero-order valence-electron chi connectivity index (χ0n) is 17.6. The van der Waals surface area contributed by atoms with E-state index in [-0.39, 0.29) is 5.91 Å². The summed E-state index contributed by atoms with van der Waals surface area (Å²) >= 11 is 1.49. The molecule has 3 aromatic rings. The average molecular weight is 423 g/mol. The van der Waals surface area contributed by atoms with Crippen molar-refractivity contribution in [3.8, 4) is 11.8 Å². The predicted molar refractivity (Wildman–Crippen MR) is 121 cm³/mol. The van der Waals surface area contributed by atoms with Crippen LogP contribution in [0.3, 0.4) is 0 Å². The Labute approximate surface area is 181 Å². The molecule has 6 nitrogen and oxygen atoms in total. The van der Waals surface area contributed by atoms with Gasteiger partial charge in [-0.05, 0) is 62.5 Å². The Kier molecular flexibility index (Phi) is 7.39. The van der Waals surface area contributed by atoms with Crippen LogP contribution in [0.2, 0.25) is 0 Å². The number of likely N-dealkylation sites (N-methyl/N-ethyl adjacent to an activating group) is 1. The van der Waals surface area contributed by atoms with Gasteiger partial charge in [0.05, 0.1) is 28.5 Å². The third-order valence-corrected chi connectivity index (χ3v) is 5.97. The summed E-state index contributed by atoms with van der Waals surface area (Å²) in [6.45, 7) is 9.93. The van der Waals surface area contributed by atoms with Gasteiger partial charge in [-0.3, -0.25) is 9.69 Å². The summed E-state index contributed by atoms with van der Waals surface area (Å²) in [5.74, 6) is 0.684. The summed E-state index contributed by atoms with van der Waals surface area (Å²) in [4.78, 5) is 22.1. The quantitative estimate of drug-likeness (QED) is 0.506. The van der Waals surface area contributed by atoms with E-state index in [1.807, 2.05) is 25.1 Å². The number of anilines is 1. The van der Waals surface area contributed by atoms with E-state index < -0.39 is 0 Å². The van der Waals surface area contributed by atoms with Crippen molar-refractivity contribution >= 4 is 32.6 Å². The fourth-order valence-corrected chi connectivity index (χ4v) is 4.19. The molecule has 2 aromatic carbocycles. The van der Waals surface area contributed by atoms with Gasteiger partial charge >= 0.3 is 0 Å². The number of hydrogen-bond acceptors (Lipinski definition) is 6. The molecule has 156 valence electrons. The summed E-state index contributed by atoms with van der Waals surface area (Å²) < 4.78 is 6.58. The van der Waals surface area contributed by atoms with Gasteiger partial charge in [0.2, 0.25) is 0 Å². The van der Waals surface area contributed by atoms with E-state index in [1.54, 1.807) is 29.2 Å². The first-order chi connectivity index (χ1) is 14.6. The standard InChI is InChI=1S/C23H26N4O2S/c1-4-26(5-2)13-14-27(22(28)18-9-7-17(16-24)8-10-18)23-25-20-12-11-19(29-6-3)15-21(20)30-23/h7-12,15H,4-6,13-14H2,1-3H3. The third kappa shape index (κ3) is 4.96. The number of rotatable bonds is 9. The maximum absolute atomic E-state index is 13.3. The lowest BCUT2D eigenvalue weighted by Crippen LogP contribution is -2.38. The topological polar surface area (TPSA) is 69.5 Å². The lowest BCUT2D eigenvalue weighted by atomic mass is 10.1. The summed E-state index contributed by atoms with van der Waals surface area (Å²) in [5.41, 5.74) is 1.92. The molecule has 0 spiro atoms. The van der Waals surface area contributed by atoms with Crippen LogP contribution in [-0.2, 0) is 0 Å². The van der Waals surface area contributed by atoms with Crippen LogP contribution < -0.4 is 9.64 Å². The van der Waals surface area contributed by atoms with Crippen LogP contribution in [0.4, 0.5) is 5.13 Å². The van der Waals surface area contributed by atoms with E-state index >= 15 is 0 Å². The molecule has 0 radical (unpaired) electrons. The number of carbonyl (C=O) groups is 1. The summed E-state index contributed by atoms with van der Waals surface area (Å²) in [7, 11) is 0. The van der Waals surface area contributed by atoms with Crippen LogP contribution in [0.25, 0.3) is 10.2 Å². The molecule has 30 heavy (non-hydrogen) atoms. The molecule has 0 unspecified atom stereocenters. The Bertz CT molecular complexity index is 1040. The van der Waals surface area contributed by atoms with E-state index in [0.717, 1.165) is 35.6 Å². The molecule has 0 aliphatic heterocycles. The highest BCUT2D eigenvalue weighted by atomic mass is 32.1. The molecule has 0 aliphatic carbocycles. The van der Waals surface area contributed by atoms with Gasteiger partial charge in [0.25, 0.3) is 5.91 Å². The molecule has 0 bridgehead atoms. The maximum Gasteiger partial charge on any atom is 0.260 e. The number of carbonyl (C=O) groups excluding carboxylic acids is 1. The van der Waals surface area contributed by atoms with E-state index in [9.17, 15) is 4.79 Å². The van der Waals surface area contributed by atoms with Gasteiger partial charge in [-0.25, -0.2) is 4.98 Å². The number of nitrogens with zero attached hydrogens (tertiary/aromatic N) is 4. The summed E-state index contributed by atoms with van der Waals surface area (Å²) in [6.07, 6.45) is 0. The van der Waals surface area contributed by atoms with Crippen molar-refractivity contribution in [1.82, 2.24) is 9.88 Å². The van der Waals surface area contributed by atoms with Crippen LogP contribution in [0, 0.1) is 11.3 Å². The zero-order valence-corrected chi connectivity index (χ0v) is 18.4. The van der Waals surface area contributed by atoms with Crippen molar-refractivity contribution in [1.29, 1.82) is 5.26 Å². The second-order valence-electron chi connectivity index (χ2n) is 6.73. The van der Waals surface area contributed by atoms with Crippen LogP contribution in [0.5, 0.6) is 5.75 Å². The normalized spacial score (nSPS) is 10.9. The first kappa shape index (κ1) is 21.8. The number of ether oxygens (including phenoxy) is 1. The van der Waals surface area contributed by atoms with Crippen LogP contribution in [0.15, 0.2) is 42.5 Å². The smallest absolute Gasteiger partial charge is 0.260 e. The molecule has 0 N–H and O–H groups in total. The minimum Gasteiger partial charge on any atom is -0.494 e. The van der Waals surface area contributed by atoms with Crippen LogP contribution in [-0.4, -0.2) is 48.6 Å². The molecular weight excluding hydrogens is 396 g/mol. The zero-order chi connectivity index (χ0) is 21.5. The Morgan fingerprint density at radius 3 is 2.47 bits per heavy atom. The van der Waals surface area contributed by atoms with Gasteiger partial charge in [-0.15, -0.1) is 0 Å². The summed E-state index contributed by atoms with van der Waals surface area (Å²) in [5, 5.41) is 9.69. The van der Waals surface area contributed by atoms with Gasteiger partial charge in [0.15, 0.2) is 5.13 Å². The van der Waals surface area contributed by atoms with Crippen LogP contribution >= 0.6 is 11.3 Å². The molecule has 0 aliphatic rings. The van der Waals surface area contributed by atoms with Crippen LogP contribution in [0.1, 0.15) is 36.7 Å². The number of nitriles is 1. The first-order valence-corrected chi connectivity index (χ1v) is 11.0. The predicted octanol–water partition coefficient (Wildman–Crippen LogP) is 4.56. The second kappa shape index (κ2) is 10.2. The molecule has 1 aromatic heterocycles. The Morgan fingerprint density at radius 2 is 1.83 bits per heavy atom. The number of aromatic nitrogens is 1. The van der Waals surface area contributed by atoms with Crippen molar-refractivity contribution in [3.05, 3.63) is 53.6 Å². The Morgan fingerprint density at radius 1 is 1.10 bits per heavy atom. The van der Waals surface area contributed by atoms with Crippen molar-refractivity contribution < 1.29 is 9.53 Å². The number of benzene rings is 2. The first-order valence-electron chi connectivity index (χ1n) is 10.2. The molecule has 0 saturated heterocycles. The highest BCUT2D eigenvalue weighted by Gasteiger charge is 2.22. The number of amides is 1. The molecule has 0 saturated carbocycles. The fourth-order valence-electron chi connectivity index (χ4n) is 3.17. The number of hydrogen-bond donors (Lipinski definition) is 0. The van der Waals surface area contributed by atoms with Crippen molar-refractivity contribution in [3.63, 3.8) is 0 Å². The van der Waals surface area contributed by atoms with E-state index in [4.69, 9.17) is 15.0 Å². The Hall–Kier alpha value is -2.95. The highest BCUT2D eigenvalue weighted by Crippen LogP contribution is 2.32. The van der Waals surface area contributed by atoms with Gasteiger partial charge in [0.1, 0.15) is 5.75 Å². The minimum atomic E-state index is -0.115. The van der Waals surface area contributed by atoms with Gasteiger partial charge in [0, 0.05) is 18.7 Å². The van der Waals surface area contributed by atoms with E-state index in [2.05, 4.69) is 24.8 Å². The monoisotopic (exact) mass is 422 g/mol. The largest absolute Gasteiger partial charge is 0.494 e. The fraction of sp³-hybridized carbons (Fsp3) is 0.348. The maximum atomic E-state index is 13.3. The minimum absolute atomic E-state index is 0.115. The Balaban J connectivity index is 1.94. The molecule has 0 fully saturated rings. The average Bonchev–Trinajstić information content (AvgIpc) is 3.19. The number of fused-ring (bicyclic) bond motifs is 1. The second-order valence-corrected chi connectivity index (χ2v) is 7.74. The van der Waals surface area contributed by atoms with E-state index in [0.29, 0.717) is 29.4 Å². The molecule has 1 heterocycles.